The molecule has 0 radical (unpaired) electrons. The van der Waals surface area contributed by atoms with Gasteiger partial charge in [-0.2, -0.15) is 5.10 Å². The fourth-order valence-electron chi connectivity index (χ4n) is 4.80. The van der Waals surface area contributed by atoms with Crippen LogP contribution in [0, 0.1) is 5.92 Å². The number of benzene rings is 1. The predicted octanol–water partition coefficient (Wildman–Crippen LogP) is 5.16. The number of imidazole rings is 1. The van der Waals surface area contributed by atoms with E-state index in [4.69, 9.17) is 9.97 Å². The van der Waals surface area contributed by atoms with Crippen LogP contribution in [0.25, 0.3) is 56.1 Å². The zero-order valence-electron chi connectivity index (χ0n) is 19.9. The summed E-state index contributed by atoms with van der Waals surface area (Å²) in [5.74, 6) is 0.931. The molecule has 6 aromatic rings. The third-order valence-corrected chi connectivity index (χ3v) is 7.03. The fraction of sp³-hybridized carbons (Fsp3) is 0.179. The molecule has 0 saturated heterocycles. The number of aliphatic hydroxyl groups excluding tert-OH is 1. The van der Waals surface area contributed by atoms with Gasteiger partial charge in [0.15, 0.2) is 11.5 Å². The van der Waals surface area contributed by atoms with Gasteiger partial charge in [0.05, 0.1) is 39.8 Å². The summed E-state index contributed by atoms with van der Waals surface area (Å²) in [4.78, 5) is 22.1. The molecule has 7 rings (SSSR count). The van der Waals surface area contributed by atoms with E-state index >= 15 is 0 Å². The Morgan fingerprint density at radius 2 is 1.86 bits per heavy atom. The van der Waals surface area contributed by atoms with Crippen molar-refractivity contribution in [1.82, 2.24) is 35.1 Å². The summed E-state index contributed by atoms with van der Waals surface area (Å²) >= 11 is 0. The van der Waals surface area contributed by atoms with Crippen molar-refractivity contribution in [3.8, 4) is 34.0 Å². The molecule has 1 saturated carbocycles. The molecule has 0 amide bonds. The van der Waals surface area contributed by atoms with Gasteiger partial charge in [-0.1, -0.05) is 24.6 Å². The highest BCUT2D eigenvalue weighted by atomic mass is 16.3. The predicted molar refractivity (Wildman–Crippen MR) is 142 cm³/mol. The molecule has 5 heterocycles. The lowest BCUT2D eigenvalue weighted by Gasteiger charge is -2.31. The van der Waals surface area contributed by atoms with Gasteiger partial charge in [0.2, 0.25) is 0 Å². The third kappa shape index (κ3) is 3.89. The van der Waals surface area contributed by atoms with Crippen LogP contribution in [-0.2, 0) is 0 Å². The summed E-state index contributed by atoms with van der Waals surface area (Å²) in [6, 6.07) is 17.7. The Morgan fingerprint density at radius 3 is 2.70 bits per heavy atom. The average Bonchev–Trinajstić information content (AvgIpc) is 3.52. The highest BCUT2D eigenvalue weighted by Gasteiger charge is 2.25. The smallest absolute Gasteiger partial charge is 0.161 e. The van der Waals surface area contributed by atoms with Crippen LogP contribution >= 0.6 is 0 Å². The molecule has 0 aliphatic heterocycles. The first-order chi connectivity index (χ1) is 18.2. The number of aliphatic hydroxyl groups is 1. The highest BCUT2D eigenvalue weighted by molar-refractivity contribution is 5.95. The van der Waals surface area contributed by atoms with Gasteiger partial charge in [-0.3, -0.25) is 15.1 Å². The molecule has 0 bridgehead atoms. The van der Waals surface area contributed by atoms with Crippen molar-refractivity contribution in [2.45, 2.75) is 25.5 Å². The number of rotatable bonds is 6. The van der Waals surface area contributed by atoms with Gasteiger partial charge >= 0.3 is 0 Å². The van der Waals surface area contributed by atoms with Gasteiger partial charge < -0.3 is 15.4 Å². The van der Waals surface area contributed by atoms with Gasteiger partial charge in [0, 0.05) is 29.4 Å². The minimum absolute atomic E-state index is 0.300. The van der Waals surface area contributed by atoms with Gasteiger partial charge in [-0.25, -0.2) is 9.97 Å². The number of nitrogens with zero attached hydrogens (tertiary/aromatic N) is 5. The van der Waals surface area contributed by atoms with Crippen LogP contribution in [0.1, 0.15) is 19.3 Å². The van der Waals surface area contributed by atoms with Crippen LogP contribution in [0.15, 0.2) is 73.2 Å². The molecule has 9 nitrogen and oxygen atoms in total. The van der Waals surface area contributed by atoms with Crippen molar-refractivity contribution >= 4 is 27.8 Å². The second-order valence-electron chi connectivity index (χ2n) is 9.41. The number of hydrogen-bond donors (Lipinski definition) is 4. The first kappa shape index (κ1) is 21.6. The number of para-hydroxylation sites is 1. The van der Waals surface area contributed by atoms with Gasteiger partial charge in [-0.15, -0.1) is 0 Å². The van der Waals surface area contributed by atoms with E-state index in [9.17, 15) is 5.11 Å². The molecule has 1 fully saturated rings. The average molecular weight is 489 g/mol. The van der Waals surface area contributed by atoms with Crippen molar-refractivity contribution in [2.75, 3.05) is 5.32 Å². The molecular weight excluding hydrogens is 464 g/mol. The molecule has 37 heavy (non-hydrogen) atoms. The molecule has 1 unspecified atom stereocenters. The van der Waals surface area contributed by atoms with Crippen LogP contribution in [-0.4, -0.2) is 46.5 Å². The quantitative estimate of drug-likeness (QED) is 0.239. The van der Waals surface area contributed by atoms with E-state index in [0.29, 0.717) is 23.0 Å². The highest BCUT2D eigenvalue weighted by Crippen LogP contribution is 2.32. The lowest BCUT2D eigenvalue weighted by Crippen LogP contribution is -2.33. The number of H-pyrrole nitrogens is 2. The van der Waals surface area contributed by atoms with Crippen molar-refractivity contribution in [3.63, 3.8) is 0 Å². The number of nitrogens with one attached hydrogen (secondary N) is 3. The lowest BCUT2D eigenvalue weighted by molar-refractivity contribution is 0.0851. The summed E-state index contributed by atoms with van der Waals surface area (Å²) in [5.41, 5.74) is 8.09. The first-order valence-corrected chi connectivity index (χ1v) is 12.4. The summed E-state index contributed by atoms with van der Waals surface area (Å²) in [5, 5.41) is 21.2. The van der Waals surface area contributed by atoms with Gasteiger partial charge in [0.25, 0.3) is 0 Å². The van der Waals surface area contributed by atoms with Crippen molar-refractivity contribution in [2.24, 2.45) is 5.92 Å². The Morgan fingerprint density at radius 1 is 0.919 bits per heavy atom. The third-order valence-electron chi connectivity index (χ3n) is 7.03. The zero-order valence-corrected chi connectivity index (χ0v) is 19.9. The van der Waals surface area contributed by atoms with E-state index in [1.165, 1.54) is 6.42 Å². The molecule has 1 aliphatic carbocycles. The summed E-state index contributed by atoms with van der Waals surface area (Å²) in [7, 11) is 0. The van der Waals surface area contributed by atoms with E-state index in [1.807, 2.05) is 54.6 Å². The Kier molecular flexibility index (Phi) is 5.14. The van der Waals surface area contributed by atoms with Crippen LogP contribution in [0.3, 0.4) is 0 Å². The number of pyridine rings is 3. The molecular formula is C28H24N8O. The Labute approximate surface area is 212 Å². The van der Waals surface area contributed by atoms with Gasteiger partial charge in [-0.05, 0) is 49.2 Å². The normalized spacial score (nSPS) is 14.6. The second-order valence-corrected chi connectivity index (χ2v) is 9.41. The monoisotopic (exact) mass is 488 g/mol. The van der Waals surface area contributed by atoms with Crippen molar-refractivity contribution in [3.05, 3.63) is 73.2 Å². The number of aromatic amines is 2. The summed E-state index contributed by atoms with van der Waals surface area (Å²) < 4.78 is 0. The maximum absolute atomic E-state index is 10.4. The molecule has 182 valence electrons. The minimum atomic E-state index is -0.564. The topological polar surface area (TPSA) is 128 Å². The number of anilines is 1. The number of fused-ring (bicyclic) bond motifs is 2. The van der Waals surface area contributed by atoms with Crippen molar-refractivity contribution in [1.29, 1.82) is 0 Å². The molecule has 5 aromatic heterocycles. The number of hydrogen-bond acceptors (Lipinski definition) is 7. The molecule has 4 N–H and O–H groups in total. The van der Waals surface area contributed by atoms with E-state index < -0.39 is 6.23 Å². The Bertz CT molecular complexity index is 1720. The SMILES string of the molecule is OC(Nc1cncc(-c2ccc3[nH]nc(-c4nc5c(-c6ccccn6)cccc5[nH]4)c3n2)c1)C1CCC1. The van der Waals surface area contributed by atoms with Crippen LogP contribution in [0.2, 0.25) is 0 Å². The fourth-order valence-corrected chi connectivity index (χ4v) is 4.80. The maximum Gasteiger partial charge on any atom is 0.161 e. The van der Waals surface area contributed by atoms with Gasteiger partial charge in [0.1, 0.15) is 11.7 Å². The van der Waals surface area contributed by atoms with Crippen LogP contribution in [0.5, 0.6) is 0 Å². The summed E-state index contributed by atoms with van der Waals surface area (Å²) in [6.07, 6.45) is 7.99. The Balaban J connectivity index is 1.26. The molecule has 9 heteroatoms. The maximum atomic E-state index is 10.4. The minimum Gasteiger partial charge on any atom is -0.374 e. The molecule has 0 spiro atoms. The van der Waals surface area contributed by atoms with E-state index in [2.05, 4.69) is 30.5 Å². The lowest BCUT2D eigenvalue weighted by atomic mass is 9.84. The Hall–Kier alpha value is -4.63. The van der Waals surface area contributed by atoms with E-state index in [-0.39, 0.29) is 0 Å². The zero-order chi connectivity index (χ0) is 24.8. The van der Waals surface area contributed by atoms with Crippen molar-refractivity contribution < 1.29 is 5.11 Å². The second kappa shape index (κ2) is 8.79. The summed E-state index contributed by atoms with van der Waals surface area (Å²) in [6.45, 7) is 0. The number of aromatic nitrogens is 7. The standard InChI is InChI=1S/C28H24N8O/c37-28(16-5-3-6-16)31-18-13-17(14-29-15-18)20-10-11-23-25(32-20)26(36-35-23)27-33-22-9-4-7-19(24(22)34-27)21-8-1-2-12-30-21/h1-2,4,7-16,28,31,37H,3,5-6H2,(H,33,34)(H,35,36). The first-order valence-electron chi connectivity index (χ1n) is 12.4. The molecule has 1 aromatic carbocycles. The largest absolute Gasteiger partial charge is 0.374 e. The van der Waals surface area contributed by atoms with Crippen LogP contribution in [0.4, 0.5) is 5.69 Å². The van der Waals surface area contributed by atoms with E-state index in [0.717, 1.165) is 57.6 Å². The van der Waals surface area contributed by atoms with Crippen LogP contribution < -0.4 is 5.32 Å². The molecule has 1 aliphatic rings. The van der Waals surface area contributed by atoms with E-state index in [1.54, 1.807) is 18.6 Å². The molecule has 1 atom stereocenters.